The molecular formula is C14H21ClN3O3S+. The van der Waals surface area contributed by atoms with Gasteiger partial charge >= 0.3 is 0 Å². The van der Waals surface area contributed by atoms with Gasteiger partial charge in [0.25, 0.3) is 0 Å². The van der Waals surface area contributed by atoms with Crippen molar-refractivity contribution in [2.24, 2.45) is 0 Å². The number of sulfonamides is 1. The normalized spacial score (nSPS) is 16.6. The van der Waals surface area contributed by atoms with Crippen molar-refractivity contribution in [3.05, 3.63) is 29.3 Å². The molecule has 1 fully saturated rings. The third-order valence-electron chi connectivity index (χ3n) is 3.76. The molecule has 1 N–H and O–H groups in total. The Labute approximate surface area is 136 Å². The lowest BCUT2D eigenvalue weighted by Crippen LogP contribution is -3.12. The molecule has 0 radical (unpaired) electrons. The number of amides is 1. The molecule has 0 atom stereocenters. The van der Waals surface area contributed by atoms with Gasteiger partial charge < -0.3 is 9.80 Å². The maximum absolute atomic E-state index is 12.4. The van der Waals surface area contributed by atoms with Gasteiger partial charge in [0.2, 0.25) is 15.9 Å². The molecule has 8 heteroatoms. The molecule has 122 valence electrons. The molecule has 0 aliphatic carbocycles. The Morgan fingerprint density at radius 3 is 2.32 bits per heavy atom. The van der Waals surface area contributed by atoms with Crippen LogP contribution in [-0.2, 0) is 14.8 Å². The number of carbonyl (C=O) groups is 1. The van der Waals surface area contributed by atoms with Crippen molar-refractivity contribution in [2.45, 2.75) is 0 Å². The SMILES string of the molecule is C[NH+]1CCN(C(=O)CN(c2ccc(Cl)cc2)S(C)(=O)=O)CC1. The Balaban J connectivity index is 2.14. The number of anilines is 1. The average Bonchev–Trinajstić information content (AvgIpc) is 2.45. The first-order chi connectivity index (χ1) is 10.3. The Kier molecular flexibility index (Phi) is 5.31. The van der Waals surface area contributed by atoms with Gasteiger partial charge in [0.1, 0.15) is 6.54 Å². The van der Waals surface area contributed by atoms with Gasteiger partial charge in [-0.1, -0.05) is 11.6 Å². The zero-order valence-corrected chi connectivity index (χ0v) is 14.3. The van der Waals surface area contributed by atoms with Gasteiger partial charge in [0.15, 0.2) is 0 Å². The number of nitrogens with one attached hydrogen (secondary N) is 1. The minimum atomic E-state index is -3.54. The zero-order chi connectivity index (χ0) is 16.3. The van der Waals surface area contributed by atoms with Gasteiger partial charge in [0.05, 0.1) is 45.2 Å². The number of hydrogen-bond acceptors (Lipinski definition) is 3. The molecule has 1 aromatic rings. The highest BCUT2D eigenvalue weighted by Crippen LogP contribution is 2.20. The maximum Gasteiger partial charge on any atom is 0.243 e. The molecule has 1 aliphatic rings. The molecule has 0 spiro atoms. The van der Waals surface area contributed by atoms with Crippen LogP contribution in [0.2, 0.25) is 5.02 Å². The molecule has 1 aromatic carbocycles. The first-order valence-corrected chi connectivity index (χ1v) is 9.32. The maximum atomic E-state index is 12.4. The van der Waals surface area contributed by atoms with Gasteiger partial charge in [-0.3, -0.25) is 9.10 Å². The largest absolute Gasteiger partial charge is 0.334 e. The minimum absolute atomic E-state index is 0.173. The van der Waals surface area contributed by atoms with E-state index in [1.807, 2.05) is 0 Å². The smallest absolute Gasteiger partial charge is 0.243 e. The summed E-state index contributed by atoms with van der Waals surface area (Å²) in [6.45, 7) is 2.89. The van der Waals surface area contributed by atoms with E-state index >= 15 is 0 Å². The van der Waals surface area contributed by atoms with Crippen LogP contribution >= 0.6 is 11.6 Å². The predicted octanol–water partition coefficient (Wildman–Crippen LogP) is -0.537. The number of rotatable bonds is 4. The topological polar surface area (TPSA) is 62.1 Å². The number of quaternary nitrogens is 1. The lowest BCUT2D eigenvalue weighted by molar-refractivity contribution is -0.883. The second-order valence-corrected chi connectivity index (χ2v) is 7.93. The lowest BCUT2D eigenvalue weighted by atomic mass is 10.3. The third kappa shape index (κ3) is 4.34. The van der Waals surface area contributed by atoms with E-state index in [0.717, 1.165) is 23.7 Å². The molecule has 1 amide bonds. The predicted molar refractivity (Wildman–Crippen MR) is 86.8 cm³/mol. The van der Waals surface area contributed by atoms with Crippen molar-refractivity contribution >= 4 is 33.2 Å². The van der Waals surface area contributed by atoms with E-state index in [4.69, 9.17) is 11.6 Å². The van der Waals surface area contributed by atoms with Crippen LogP contribution in [0.25, 0.3) is 0 Å². The van der Waals surface area contributed by atoms with E-state index in [1.165, 1.54) is 4.90 Å². The van der Waals surface area contributed by atoms with Gasteiger partial charge in [-0.25, -0.2) is 8.42 Å². The lowest BCUT2D eigenvalue weighted by Gasteiger charge is -2.32. The number of halogens is 1. The summed E-state index contributed by atoms with van der Waals surface area (Å²) in [6, 6.07) is 6.42. The van der Waals surface area contributed by atoms with Crippen molar-refractivity contribution in [1.29, 1.82) is 0 Å². The van der Waals surface area contributed by atoms with E-state index in [9.17, 15) is 13.2 Å². The van der Waals surface area contributed by atoms with Gasteiger partial charge in [-0.05, 0) is 24.3 Å². The first-order valence-electron chi connectivity index (χ1n) is 7.10. The Morgan fingerprint density at radius 1 is 1.27 bits per heavy atom. The number of nitrogens with zero attached hydrogens (tertiary/aromatic N) is 2. The molecule has 22 heavy (non-hydrogen) atoms. The van der Waals surface area contributed by atoms with Crippen molar-refractivity contribution < 1.29 is 18.1 Å². The molecular weight excluding hydrogens is 326 g/mol. The molecule has 0 bridgehead atoms. The second kappa shape index (κ2) is 6.85. The Morgan fingerprint density at radius 2 is 1.82 bits per heavy atom. The van der Waals surface area contributed by atoms with Gasteiger partial charge in [-0.2, -0.15) is 0 Å². The third-order valence-corrected chi connectivity index (χ3v) is 5.16. The molecule has 0 saturated carbocycles. The van der Waals surface area contributed by atoms with Crippen molar-refractivity contribution in [3.63, 3.8) is 0 Å². The first kappa shape index (κ1) is 17.1. The zero-order valence-electron chi connectivity index (χ0n) is 12.8. The molecule has 1 saturated heterocycles. The molecule has 6 nitrogen and oxygen atoms in total. The van der Waals surface area contributed by atoms with Crippen LogP contribution in [0, 0.1) is 0 Å². The second-order valence-electron chi connectivity index (χ2n) is 5.58. The van der Waals surface area contributed by atoms with Gasteiger partial charge in [-0.15, -0.1) is 0 Å². The number of hydrogen-bond donors (Lipinski definition) is 1. The van der Waals surface area contributed by atoms with E-state index in [-0.39, 0.29) is 12.5 Å². The summed E-state index contributed by atoms with van der Waals surface area (Å²) in [4.78, 5) is 15.5. The van der Waals surface area contributed by atoms with Crippen LogP contribution in [0.15, 0.2) is 24.3 Å². The quantitative estimate of drug-likeness (QED) is 0.796. The number of piperazine rings is 1. The summed E-state index contributed by atoms with van der Waals surface area (Å²) < 4.78 is 25.1. The Hall–Kier alpha value is -1.31. The van der Waals surface area contributed by atoms with E-state index in [2.05, 4.69) is 7.05 Å². The van der Waals surface area contributed by atoms with Crippen molar-refractivity contribution in [1.82, 2.24) is 4.90 Å². The van der Waals surface area contributed by atoms with E-state index in [0.29, 0.717) is 23.8 Å². The molecule has 1 heterocycles. The highest BCUT2D eigenvalue weighted by Gasteiger charge is 2.26. The van der Waals surface area contributed by atoms with Crippen molar-refractivity contribution in [2.75, 3.05) is 50.3 Å². The van der Waals surface area contributed by atoms with Crippen LogP contribution in [0.1, 0.15) is 0 Å². The molecule has 0 aromatic heterocycles. The van der Waals surface area contributed by atoms with Crippen LogP contribution in [0.3, 0.4) is 0 Å². The number of carbonyl (C=O) groups excluding carboxylic acids is 1. The summed E-state index contributed by atoms with van der Waals surface area (Å²) in [5, 5.41) is 0.519. The van der Waals surface area contributed by atoms with Crippen LogP contribution in [-0.4, -0.2) is 65.3 Å². The summed E-state index contributed by atoms with van der Waals surface area (Å²) in [6.07, 6.45) is 1.10. The summed E-state index contributed by atoms with van der Waals surface area (Å²) >= 11 is 5.83. The highest BCUT2D eigenvalue weighted by molar-refractivity contribution is 7.92. The van der Waals surface area contributed by atoms with E-state index in [1.54, 1.807) is 29.2 Å². The van der Waals surface area contributed by atoms with E-state index < -0.39 is 10.0 Å². The average molecular weight is 347 g/mol. The van der Waals surface area contributed by atoms with Crippen LogP contribution in [0.5, 0.6) is 0 Å². The number of benzene rings is 1. The fourth-order valence-electron chi connectivity index (χ4n) is 2.37. The van der Waals surface area contributed by atoms with Crippen LogP contribution < -0.4 is 9.21 Å². The molecule has 0 unspecified atom stereocenters. The fraction of sp³-hybridized carbons (Fsp3) is 0.500. The fourth-order valence-corrected chi connectivity index (χ4v) is 3.34. The summed E-state index contributed by atoms with van der Waals surface area (Å²) in [5.41, 5.74) is 0.444. The monoisotopic (exact) mass is 346 g/mol. The Bertz CT molecular complexity index is 625. The summed E-state index contributed by atoms with van der Waals surface area (Å²) in [7, 11) is -1.46. The van der Waals surface area contributed by atoms with Crippen LogP contribution in [0.4, 0.5) is 5.69 Å². The van der Waals surface area contributed by atoms with Crippen molar-refractivity contribution in [3.8, 4) is 0 Å². The molecule has 2 rings (SSSR count). The standard InChI is InChI=1S/C14H20ClN3O3S/c1-16-7-9-17(10-8-16)14(19)11-18(22(2,20)21)13-5-3-12(15)4-6-13/h3-6H,7-11H2,1-2H3/p+1. The van der Waals surface area contributed by atoms with Gasteiger partial charge in [0, 0.05) is 5.02 Å². The highest BCUT2D eigenvalue weighted by atomic mass is 35.5. The number of likely N-dealkylation sites (N-methyl/N-ethyl adjacent to an activating group) is 1. The molecule has 1 aliphatic heterocycles. The minimum Gasteiger partial charge on any atom is -0.334 e. The summed E-state index contributed by atoms with van der Waals surface area (Å²) in [5.74, 6) is -0.173.